The van der Waals surface area contributed by atoms with Gasteiger partial charge in [0, 0.05) is 17.8 Å². The van der Waals surface area contributed by atoms with Gasteiger partial charge in [0.2, 0.25) is 5.16 Å². The number of nitrogens with zero attached hydrogens (tertiary/aromatic N) is 3. The number of benzene rings is 1. The maximum absolute atomic E-state index is 12.2. The van der Waals surface area contributed by atoms with Crippen LogP contribution in [0.4, 0.5) is 5.13 Å². The summed E-state index contributed by atoms with van der Waals surface area (Å²) in [5, 5.41) is 14.5. The molecule has 2 aromatic heterocycles. The number of thiazole rings is 1. The van der Waals surface area contributed by atoms with Crippen molar-refractivity contribution in [1.82, 2.24) is 15.0 Å². The van der Waals surface area contributed by atoms with Gasteiger partial charge in [0.05, 0.1) is 5.56 Å². The zero-order valence-electron chi connectivity index (χ0n) is 11.5. The first kappa shape index (κ1) is 15.3. The van der Waals surface area contributed by atoms with E-state index in [1.807, 2.05) is 0 Å². The molecule has 0 aliphatic heterocycles. The van der Waals surface area contributed by atoms with Crippen molar-refractivity contribution in [3.05, 3.63) is 53.7 Å². The van der Waals surface area contributed by atoms with E-state index in [4.69, 9.17) is 0 Å². The summed E-state index contributed by atoms with van der Waals surface area (Å²) in [5.41, 5.74) is 0.136. The number of hydrogen-bond acceptors (Lipinski definition) is 7. The monoisotopic (exact) mass is 346 g/mol. The fourth-order valence-corrected chi connectivity index (χ4v) is 3.50. The molecule has 1 atom stereocenters. The summed E-state index contributed by atoms with van der Waals surface area (Å²) in [6.07, 6.45) is 2.99. The van der Waals surface area contributed by atoms with Crippen LogP contribution in [-0.4, -0.2) is 30.2 Å². The molecule has 116 valence electrons. The van der Waals surface area contributed by atoms with E-state index >= 15 is 0 Å². The number of carbonyl (C=O) groups is 1. The fraction of sp³-hybridized carbons (Fsp3) is 0. The Morgan fingerprint density at radius 3 is 2.65 bits per heavy atom. The second-order valence-corrected chi connectivity index (χ2v) is 6.44. The summed E-state index contributed by atoms with van der Waals surface area (Å²) in [6.45, 7) is 0. The normalized spacial score (nSPS) is 11.8. The lowest BCUT2D eigenvalue weighted by Crippen LogP contribution is -2.12. The molecule has 1 aromatic carbocycles. The molecule has 0 bridgehead atoms. The first-order chi connectivity index (χ1) is 11.1. The molecule has 0 fully saturated rings. The van der Waals surface area contributed by atoms with Gasteiger partial charge >= 0.3 is 0 Å². The van der Waals surface area contributed by atoms with Crippen LogP contribution in [0.3, 0.4) is 0 Å². The third kappa shape index (κ3) is 3.41. The summed E-state index contributed by atoms with van der Waals surface area (Å²) < 4.78 is 12.2. The lowest BCUT2D eigenvalue weighted by molar-refractivity contribution is 0.102. The van der Waals surface area contributed by atoms with Crippen molar-refractivity contribution in [3.8, 4) is 5.75 Å². The number of phenols is 1. The lowest BCUT2D eigenvalue weighted by Gasteiger charge is -2.03. The van der Waals surface area contributed by atoms with Gasteiger partial charge in [0.15, 0.2) is 5.13 Å². The Balaban J connectivity index is 1.76. The van der Waals surface area contributed by atoms with Crippen molar-refractivity contribution in [2.24, 2.45) is 0 Å². The molecule has 3 rings (SSSR count). The van der Waals surface area contributed by atoms with E-state index in [0.29, 0.717) is 0 Å². The van der Waals surface area contributed by atoms with Crippen molar-refractivity contribution in [1.29, 1.82) is 0 Å². The van der Waals surface area contributed by atoms with Crippen LogP contribution in [-0.2, 0) is 10.8 Å². The Morgan fingerprint density at radius 1 is 1.17 bits per heavy atom. The largest absolute Gasteiger partial charge is 0.507 e. The fourth-order valence-electron chi connectivity index (χ4n) is 1.71. The molecule has 1 unspecified atom stereocenters. The van der Waals surface area contributed by atoms with Gasteiger partial charge in [-0.25, -0.2) is 19.2 Å². The number of carbonyl (C=O) groups excluding carboxylic acids is 1. The SMILES string of the molecule is O=C(Nc1nc(S(=O)c2ncccn2)cs1)c1ccccc1O. The average molecular weight is 346 g/mol. The predicted molar refractivity (Wildman–Crippen MR) is 84.9 cm³/mol. The Hall–Kier alpha value is -2.65. The van der Waals surface area contributed by atoms with Crippen molar-refractivity contribution < 1.29 is 14.1 Å². The van der Waals surface area contributed by atoms with Gasteiger partial charge in [0.25, 0.3) is 5.91 Å². The van der Waals surface area contributed by atoms with Crippen molar-refractivity contribution in [2.45, 2.75) is 10.2 Å². The molecule has 0 spiro atoms. The average Bonchev–Trinajstić information content (AvgIpc) is 3.03. The number of para-hydroxylation sites is 1. The highest BCUT2D eigenvalue weighted by Crippen LogP contribution is 2.22. The zero-order valence-corrected chi connectivity index (χ0v) is 13.2. The van der Waals surface area contributed by atoms with Gasteiger partial charge in [-0.1, -0.05) is 12.1 Å². The van der Waals surface area contributed by atoms with Gasteiger partial charge in [0.1, 0.15) is 21.6 Å². The molecule has 2 N–H and O–H groups in total. The van der Waals surface area contributed by atoms with E-state index in [1.54, 1.807) is 23.6 Å². The van der Waals surface area contributed by atoms with Gasteiger partial charge in [-0.05, 0) is 18.2 Å². The van der Waals surface area contributed by atoms with Crippen LogP contribution in [0.2, 0.25) is 0 Å². The van der Waals surface area contributed by atoms with Crippen molar-refractivity contribution >= 4 is 33.2 Å². The molecule has 2 heterocycles. The Kier molecular flexibility index (Phi) is 4.40. The van der Waals surface area contributed by atoms with E-state index in [9.17, 15) is 14.1 Å². The highest BCUT2D eigenvalue weighted by Gasteiger charge is 2.16. The summed E-state index contributed by atoms with van der Waals surface area (Å²) in [6, 6.07) is 7.80. The third-order valence-corrected chi connectivity index (χ3v) is 4.79. The Morgan fingerprint density at radius 2 is 1.91 bits per heavy atom. The van der Waals surface area contributed by atoms with Crippen LogP contribution in [0.15, 0.2) is 58.3 Å². The van der Waals surface area contributed by atoms with Gasteiger partial charge in [-0.3, -0.25) is 10.1 Å². The molecule has 0 aliphatic carbocycles. The van der Waals surface area contributed by atoms with Crippen LogP contribution in [0.5, 0.6) is 5.75 Å². The maximum Gasteiger partial charge on any atom is 0.261 e. The number of rotatable bonds is 4. The van der Waals surface area contributed by atoms with Crippen LogP contribution < -0.4 is 5.32 Å². The second kappa shape index (κ2) is 6.63. The molecule has 7 nitrogen and oxygen atoms in total. The minimum absolute atomic E-state index is 0.122. The van der Waals surface area contributed by atoms with Crippen LogP contribution in [0, 0.1) is 0 Å². The molecule has 9 heteroatoms. The van der Waals surface area contributed by atoms with E-state index in [2.05, 4.69) is 20.3 Å². The number of amides is 1. The Labute approximate surface area is 137 Å². The van der Waals surface area contributed by atoms with E-state index < -0.39 is 16.7 Å². The molecule has 0 radical (unpaired) electrons. The third-order valence-electron chi connectivity index (χ3n) is 2.75. The number of anilines is 1. The minimum Gasteiger partial charge on any atom is -0.507 e. The number of nitrogens with one attached hydrogen (secondary N) is 1. The highest BCUT2D eigenvalue weighted by atomic mass is 32.2. The molecule has 0 saturated carbocycles. The molecule has 0 saturated heterocycles. The summed E-state index contributed by atoms with van der Waals surface area (Å²) in [4.78, 5) is 24.0. The quantitative estimate of drug-likeness (QED) is 0.701. The summed E-state index contributed by atoms with van der Waals surface area (Å²) >= 11 is 1.13. The van der Waals surface area contributed by atoms with E-state index in [0.717, 1.165) is 11.3 Å². The zero-order chi connectivity index (χ0) is 16.2. The van der Waals surface area contributed by atoms with Crippen molar-refractivity contribution in [2.75, 3.05) is 5.32 Å². The first-order valence-electron chi connectivity index (χ1n) is 6.39. The predicted octanol–water partition coefficient (Wildman–Crippen LogP) is 2.06. The molecular weight excluding hydrogens is 336 g/mol. The molecule has 23 heavy (non-hydrogen) atoms. The number of aromatic hydroxyl groups is 1. The summed E-state index contributed by atoms with van der Waals surface area (Å²) in [5.74, 6) is -0.617. The van der Waals surface area contributed by atoms with E-state index in [1.165, 1.54) is 24.5 Å². The van der Waals surface area contributed by atoms with Crippen molar-refractivity contribution in [3.63, 3.8) is 0 Å². The van der Waals surface area contributed by atoms with Crippen LogP contribution in [0.25, 0.3) is 0 Å². The highest BCUT2D eigenvalue weighted by molar-refractivity contribution is 7.85. The van der Waals surface area contributed by atoms with Gasteiger partial charge in [-0.15, -0.1) is 11.3 Å². The number of aromatic nitrogens is 3. The second-order valence-electron chi connectivity index (χ2n) is 4.26. The summed E-state index contributed by atoms with van der Waals surface area (Å²) in [7, 11) is -1.61. The topological polar surface area (TPSA) is 105 Å². The number of phenolic OH excluding ortho intramolecular Hbond substituents is 1. The van der Waals surface area contributed by atoms with Crippen LogP contribution in [0.1, 0.15) is 10.4 Å². The first-order valence-corrected chi connectivity index (χ1v) is 8.42. The molecular formula is C14H10N4O3S2. The molecule has 1 amide bonds. The Bertz CT molecular complexity index is 867. The van der Waals surface area contributed by atoms with Gasteiger partial charge < -0.3 is 5.11 Å². The standard InChI is InChI=1S/C14H10N4O3S2/c19-10-5-2-1-4-9(10)12(20)18-13-17-11(8-22-13)23(21)14-15-6-3-7-16-14/h1-8,19H,(H,17,18,20). The van der Waals surface area contributed by atoms with E-state index in [-0.39, 0.29) is 26.6 Å². The molecule has 3 aromatic rings. The molecule has 0 aliphatic rings. The maximum atomic E-state index is 12.2. The van der Waals surface area contributed by atoms with Gasteiger partial charge in [-0.2, -0.15) is 0 Å². The lowest BCUT2D eigenvalue weighted by atomic mass is 10.2. The smallest absolute Gasteiger partial charge is 0.261 e. The number of hydrogen-bond donors (Lipinski definition) is 2. The minimum atomic E-state index is -1.61. The van der Waals surface area contributed by atoms with Crippen LogP contribution >= 0.6 is 11.3 Å².